The maximum atomic E-state index is 11.9. The number of aromatic amines is 1. The fraction of sp³-hybridized carbons (Fsp3) is 0.154. The molecule has 4 N–H and O–H groups in total. The average Bonchev–Trinajstić information content (AvgIpc) is 3.01. The van der Waals surface area contributed by atoms with Crippen LogP contribution in [0.25, 0.3) is 0 Å². The number of aromatic nitrogens is 1. The summed E-state index contributed by atoms with van der Waals surface area (Å²) >= 11 is 13.0. The van der Waals surface area contributed by atoms with Gasteiger partial charge in [-0.1, -0.05) is 35.0 Å². The number of nitrogens with two attached hydrogens (primary N) is 1. The van der Waals surface area contributed by atoms with E-state index >= 15 is 0 Å². The second-order valence-corrected chi connectivity index (χ2v) is 5.75. The fourth-order valence-corrected chi connectivity index (χ4v) is 2.60. The van der Waals surface area contributed by atoms with Gasteiger partial charge in [0, 0.05) is 4.88 Å². The van der Waals surface area contributed by atoms with Crippen LogP contribution in [0.5, 0.6) is 0 Å². The zero-order valence-electron chi connectivity index (χ0n) is 10.3. The summed E-state index contributed by atoms with van der Waals surface area (Å²) in [6, 6.07) is 5.31. The molecule has 0 aliphatic carbocycles. The molecule has 2 heterocycles. The highest BCUT2D eigenvalue weighted by molar-refractivity contribution is 7.12. The molecule has 0 atom stereocenters. The smallest absolute Gasteiger partial charge is 0.268 e. The third-order valence-corrected chi connectivity index (χ3v) is 4.06. The van der Waals surface area contributed by atoms with E-state index in [1.807, 2.05) is 12.1 Å². The monoisotopic (exact) mass is 327 g/mol. The first-order valence-electron chi connectivity index (χ1n) is 5.70. The number of amides is 1. The molecule has 2 rings (SSSR count). The van der Waals surface area contributed by atoms with Crippen molar-refractivity contribution >= 4 is 40.4 Å². The molecule has 2 aromatic heterocycles. The van der Waals surface area contributed by atoms with E-state index in [0.29, 0.717) is 23.8 Å². The average molecular weight is 328 g/mol. The van der Waals surface area contributed by atoms with Crippen LogP contribution in [0.15, 0.2) is 18.2 Å². The third kappa shape index (κ3) is 3.78. The van der Waals surface area contributed by atoms with Gasteiger partial charge in [0.05, 0.1) is 23.0 Å². The van der Waals surface area contributed by atoms with E-state index in [-0.39, 0.29) is 11.1 Å². The van der Waals surface area contributed by atoms with Crippen molar-refractivity contribution in [1.29, 1.82) is 0 Å². The Labute approximate surface area is 130 Å². The van der Waals surface area contributed by atoms with E-state index in [9.17, 15) is 4.79 Å². The Morgan fingerprint density at radius 2 is 2.25 bits per heavy atom. The number of H-pyrrole nitrogens is 1. The van der Waals surface area contributed by atoms with Gasteiger partial charge >= 0.3 is 0 Å². The van der Waals surface area contributed by atoms with Crippen LogP contribution in [0, 0.1) is 11.8 Å². The van der Waals surface area contributed by atoms with Crippen molar-refractivity contribution < 1.29 is 4.79 Å². The van der Waals surface area contributed by atoms with Crippen LogP contribution in [-0.2, 0) is 6.54 Å². The predicted molar refractivity (Wildman–Crippen MR) is 82.2 cm³/mol. The Morgan fingerprint density at radius 1 is 1.45 bits per heavy atom. The van der Waals surface area contributed by atoms with E-state index < -0.39 is 0 Å². The molecule has 104 valence electrons. The summed E-state index contributed by atoms with van der Waals surface area (Å²) in [6.07, 6.45) is 0. The molecule has 0 aromatic carbocycles. The highest BCUT2D eigenvalue weighted by Crippen LogP contribution is 2.22. The lowest BCUT2D eigenvalue weighted by Gasteiger charge is -2.00. The number of thiophene rings is 1. The van der Waals surface area contributed by atoms with Gasteiger partial charge in [0.25, 0.3) is 5.91 Å². The molecule has 2 aromatic rings. The maximum absolute atomic E-state index is 11.9. The molecule has 20 heavy (non-hydrogen) atoms. The lowest BCUT2D eigenvalue weighted by molar-refractivity contribution is 0.0947. The van der Waals surface area contributed by atoms with Crippen molar-refractivity contribution in [3.63, 3.8) is 0 Å². The maximum Gasteiger partial charge on any atom is 0.268 e. The van der Waals surface area contributed by atoms with Crippen molar-refractivity contribution in [2.45, 2.75) is 6.54 Å². The first kappa shape index (κ1) is 14.9. The SMILES string of the molecule is NCC#Cc1ccc(CNC(=O)c2cc(Cl)c(Cl)[nH]2)s1. The molecule has 0 spiro atoms. The summed E-state index contributed by atoms with van der Waals surface area (Å²) in [4.78, 5) is 16.5. The third-order valence-electron chi connectivity index (χ3n) is 2.37. The van der Waals surface area contributed by atoms with Gasteiger partial charge in [0.15, 0.2) is 0 Å². The second kappa shape index (κ2) is 6.82. The van der Waals surface area contributed by atoms with E-state index in [1.165, 1.54) is 17.4 Å². The van der Waals surface area contributed by atoms with Crippen LogP contribution >= 0.6 is 34.5 Å². The second-order valence-electron chi connectivity index (χ2n) is 3.80. The lowest BCUT2D eigenvalue weighted by Crippen LogP contribution is -2.22. The number of carbonyl (C=O) groups is 1. The molecular weight excluding hydrogens is 317 g/mol. The molecule has 0 fully saturated rings. The van der Waals surface area contributed by atoms with Crippen LogP contribution < -0.4 is 11.1 Å². The molecular formula is C13H11Cl2N3OS. The van der Waals surface area contributed by atoms with Crippen LogP contribution in [-0.4, -0.2) is 17.4 Å². The molecule has 0 unspecified atom stereocenters. The minimum Gasteiger partial charge on any atom is -0.346 e. The van der Waals surface area contributed by atoms with Gasteiger partial charge in [0.2, 0.25) is 0 Å². The normalized spacial score (nSPS) is 9.95. The van der Waals surface area contributed by atoms with Crippen molar-refractivity contribution in [2.24, 2.45) is 5.73 Å². The number of hydrogen-bond acceptors (Lipinski definition) is 3. The van der Waals surface area contributed by atoms with Crippen molar-refractivity contribution in [1.82, 2.24) is 10.3 Å². The summed E-state index contributed by atoms with van der Waals surface area (Å²) in [5.74, 6) is 5.47. The summed E-state index contributed by atoms with van der Waals surface area (Å²) in [5, 5.41) is 3.36. The summed E-state index contributed by atoms with van der Waals surface area (Å²) < 4.78 is 0. The van der Waals surface area contributed by atoms with E-state index in [0.717, 1.165) is 9.75 Å². The van der Waals surface area contributed by atoms with E-state index in [1.54, 1.807) is 0 Å². The van der Waals surface area contributed by atoms with Crippen LogP contribution in [0.1, 0.15) is 20.2 Å². The molecule has 4 nitrogen and oxygen atoms in total. The summed E-state index contributed by atoms with van der Waals surface area (Å²) in [6.45, 7) is 0.750. The predicted octanol–water partition coefficient (Wildman–Crippen LogP) is 2.62. The Balaban J connectivity index is 1.95. The van der Waals surface area contributed by atoms with Gasteiger partial charge in [-0.2, -0.15) is 0 Å². The molecule has 0 radical (unpaired) electrons. The van der Waals surface area contributed by atoms with Crippen LogP contribution in [0.2, 0.25) is 10.2 Å². The standard InChI is InChI=1S/C13H11Cl2N3OS/c14-10-6-11(18-12(10)15)13(19)17-7-9-4-3-8(20-9)2-1-5-16/h3-4,6,18H,5,7,16H2,(H,17,19). The van der Waals surface area contributed by atoms with Crippen LogP contribution in [0.3, 0.4) is 0 Å². The molecule has 0 saturated heterocycles. The van der Waals surface area contributed by atoms with Crippen molar-refractivity contribution in [3.05, 3.63) is 43.8 Å². The quantitative estimate of drug-likeness (QED) is 0.758. The van der Waals surface area contributed by atoms with Crippen molar-refractivity contribution in [2.75, 3.05) is 6.54 Å². The molecule has 0 bridgehead atoms. The van der Waals surface area contributed by atoms with Gasteiger partial charge in [0.1, 0.15) is 10.8 Å². The van der Waals surface area contributed by atoms with E-state index in [2.05, 4.69) is 22.1 Å². The zero-order valence-corrected chi connectivity index (χ0v) is 12.6. The van der Waals surface area contributed by atoms with Gasteiger partial charge in [-0.15, -0.1) is 11.3 Å². The van der Waals surface area contributed by atoms with E-state index in [4.69, 9.17) is 28.9 Å². The Hall–Kier alpha value is -1.45. The van der Waals surface area contributed by atoms with Gasteiger partial charge in [-0.3, -0.25) is 4.79 Å². The summed E-state index contributed by atoms with van der Waals surface area (Å²) in [5.41, 5.74) is 5.64. The Morgan fingerprint density at radius 3 is 2.90 bits per heavy atom. The lowest BCUT2D eigenvalue weighted by atomic mass is 10.4. The van der Waals surface area contributed by atoms with Crippen molar-refractivity contribution in [3.8, 4) is 11.8 Å². The number of rotatable bonds is 3. The topological polar surface area (TPSA) is 70.9 Å². The molecule has 1 amide bonds. The van der Waals surface area contributed by atoms with Gasteiger partial charge < -0.3 is 16.0 Å². The molecule has 0 saturated carbocycles. The number of nitrogens with one attached hydrogen (secondary N) is 2. The molecule has 7 heteroatoms. The molecule has 0 aliphatic heterocycles. The Kier molecular flexibility index (Phi) is 5.10. The first-order valence-corrected chi connectivity index (χ1v) is 7.27. The van der Waals surface area contributed by atoms with Crippen LogP contribution in [0.4, 0.5) is 0 Å². The number of hydrogen-bond donors (Lipinski definition) is 3. The van der Waals surface area contributed by atoms with Gasteiger partial charge in [-0.05, 0) is 18.2 Å². The zero-order chi connectivity index (χ0) is 14.5. The largest absolute Gasteiger partial charge is 0.346 e. The minimum atomic E-state index is -0.262. The number of halogens is 2. The number of carbonyl (C=O) groups excluding carboxylic acids is 1. The minimum absolute atomic E-state index is 0.257. The first-order chi connectivity index (χ1) is 9.60. The summed E-state index contributed by atoms with van der Waals surface area (Å²) in [7, 11) is 0. The Bertz CT molecular complexity index is 662. The highest BCUT2D eigenvalue weighted by Gasteiger charge is 2.11. The van der Waals surface area contributed by atoms with Gasteiger partial charge in [-0.25, -0.2) is 0 Å². The molecule has 0 aliphatic rings. The fourth-order valence-electron chi connectivity index (χ4n) is 1.47. The highest BCUT2D eigenvalue weighted by atomic mass is 35.5.